The van der Waals surface area contributed by atoms with Crippen molar-refractivity contribution >= 4 is 14.3 Å². The molecule has 10 heteroatoms. The second kappa shape index (κ2) is 8.34. The van der Waals surface area contributed by atoms with Crippen molar-refractivity contribution in [2.75, 3.05) is 21.3 Å². The summed E-state index contributed by atoms with van der Waals surface area (Å²) >= 11 is 0. The Morgan fingerprint density at radius 2 is 2.00 bits per heavy atom. The fourth-order valence-corrected chi connectivity index (χ4v) is 3.43. The van der Waals surface area contributed by atoms with Gasteiger partial charge in [-0.3, -0.25) is 14.3 Å². The van der Waals surface area contributed by atoms with Crippen molar-refractivity contribution in [2.24, 2.45) is 0 Å². The molecular formula is C14H19N2O7P. The molecule has 0 spiro atoms. The van der Waals surface area contributed by atoms with E-state index in [1.807, 2.05) is 0 Å². The monoisotopic (exact) mass is 358 g/mol. The van der Waals surface area contributed by atoms with Gasteiger partial charge in [-0.2, -0.15) is 0 Å². The number of carbonyl (C=O) groups is 1. The van der Waals surface area contributed by atoms with E-state index in [0.717, 1.165) is 0 Å². The Morgan fingerprint density at radius 1 is 1.29 bits per heavy atom. The SMILES string of the molecule is COC(=O)C(O[C@H]1C=C[C@@H](n2ccc(=O)[nH]c2=O)C1)P(OC)OC. The smallest absolute Gasteiger partial charge is 0.344 e. The average molecular weight is 358 g/mol. The zero-order valence-electron chi connectivity index (χ0n) is 13.5. The van der Waals surface area contributed by atoms with E-state index in [9.17, 15) is 14.4 Å². The Labute approximate surface area is 139 Å². The molecule has 1 aliphatic rings. The summed E-state index contributed by atoms with van der Waals surface area (Å²) in [7, 11) is 2.48. The molecule has 1 N–H and O–H groups in total. The number of esters is 1. The molecule has 0 saturated heterocycles. The first kappa shape index (κ1) is 18.5. The lowest BCUT2D eigenvalue weighted by Gasteiger charge is -2.24. The maximum atomic E-state index is 11.9. The van der Waals surface area contributed by atoms with Gasteiger partial charge >= 0.3 is 11.7 Å². The molecule has 0 aliphatic heterocycles. The van der Waals surface area contributed by atoms with Gasteiger partial charge in [0.2, 0.25) is 14.2 Å². The highest BCUT2D eigenvalue weighted by atomic mass is 31.2. The molecule has 3 atom stereocenters. The van der Waals surface area contributed by atoms with Gasteiger partial charge in [0.05, 0.1) is 19.3 Å². The van der Waals surface area contributed by atoms with Crippen LogP contribution >= 0.6 is 8.38 Å². The van der Waals surface area contributed by atoms with Crippen LogP contribution in [0.15, 0.2) is 34.0 Å². The maximum Gasteiger partial charge on any atom is 0.344 e. The third-order valence-corrected chi connectivity index (χ3v) is 4.92. The summed E-state index contributed by atoms with van der Waals surface area (Å²) in [6.07, 6.45) is 4.95. The number of aromatic amines is 1. The molecular weight excluding hydrogens is 339 g/mol. The third-order valence-electron chi connectivity index (χ3n) is 3.49. The first-order valence-electron chi connectivity index (χ1n) is 7.10. The fourth-order valence-electron chi connectivity index (χ4n) is 2.37. The van der Waals surface area contributed by atoms with E-state index in [2.05, 4.69) is 4.98 Å². The molecule has 1 aromatic rings. The van der Waals surface area contributed by atoms with Crippen LogP contribution in [0.5, 0.6) is 0 Å². The quantitative estimate of drug-likeness (QED) is 0.430. The minimum absolute atomic E-state index is 0.283. The van der Waals surface area contributed by atoms with E-state index in [1.54, 1.807) is 12.2 Å². The molecule has 1 unspecified atom stereocenters. The van der Waals surface area contributed by atoms with Crippen LogP contribution in [0.25, 0.3) is 0 Å². The van der Waals surface area contributed by atoms with E-state index < -0.39 is 37.5 Å². The van der Waals surface area contributed by atoms with Crippen LogP contribution in [0.3, 0.4) is 0 Å². The van der Waals surface area contributed by atoms with E-state index >= 15 is 0 Å². The van der Waals surface area contributed by atoms with Crippen molar-refractivity contribution < 1.29 is 23.3 Å². The van der Waals surface area contributed by atoms with Gasteiger partial charge < -0.3 is 18.5 Å². The number of ether oxygens (including phenoxy) is 2. The lowest BCUT2D eigenvalue weighted by Crippen LogP contribution is -2.32. The molecule has 0 aromatic carbocycles. The van der Waals surface area contributed by atoms with Crippen LogP contribution in [0.1, 0.15) is 12.5 Å². The Hall–Kier alpha value is -1.80. The standard InChI is InChI=1S/C14H19N2O7P/c1-20-12(18)13(24(21-2)22-3)23-10-5-4-9(8-10)16-7-6-11(17)15-14(16)19/h4-7,9-10,13H,8H2,1-3H3,(H,15,17,19)/t9-,10+,13?/m1/s1. The van der Waals surface area contributed by atoms with E-state index in [0.29, 0.717) is 6.42 Å². The number of carbonyl (C=O) groups excluding carboxylic acids is 1. The third kappa shape index (κ3) is 4.18. The number of rotatable bonds is 7. The summed E-state index contributed by atoms with van der Waals surface area (Å²) < 4.78 is 22.1. The van der Waals surface area contributed by atoms with Crippen LogP contribution in [0.4, 0.5) is 0 Å². The molecule has 0 bridgehead atoms. The zero-order chi connectivity index (χ0) is 17.7. The Morgan fingerprint density at radius 3 is 2.58 bits per heavy atom. The van der Waals surface area contributed by atoms with Crippen molar-refractivity contribution in [3.05, 3.63) is 45.3 Å². The molecule has 1 aliphatic carbocycles. The number of nitrogens with one attached hydrogen (secondary N) is 1. The van der Waals surface area contributed by atoms with Crippen molar-refractivity contribution in [2.45, 2.75) is 24.4 Å². The molecule has 2 rings (SSSR count). The number of allylic oxidation sites excluding steroid dienone is 1. The summed E-state index contributed by atoms with van der Waals surface area (Å²) in [4.78, 5) is 37.1. The summed E-state index contributed by atoms with van der Waals surface area (Å²) in [5, 5.41) is 0. The number of hydrogen-bond acceptors (Lipinski definition) is 7. The van der Waals surface area contributed by atoms with Gasteiger partial charge in [0, 0.05) is 32.9 Å². The van der Waals surface area contributed by atoms with Crippen molar-refractivity contribution in [1.82, 2.24) is 9.55 Å². The average Bonchev–Trinajstić information content (AvgIpc) is 3.02. The van der Waals surface area contributed by atoms with E-state index in [4.69, 9.17) is 18.5 Å². The normalized spacial score (nSPS) is 21.2. The van der Waals surface area contributed by atoms with E-state index in [-0.39, 0.29) is 6.04 Å². The number of H-pyrrole nitrogens is 1. The van der Waals surface area contributed by atoms with Gasteiger partial charge in [0.15, 0.2) is 0 Å². The molecule has 132 valence electrons. The second-order valence-corrected chi connectivity index (χ2v) is 6.68. The second-order valence-electron chi connectivity index (χ2n) is 4.91. The van der Waals surface area contributed by atoms with E-state index in [1.165, 1.54) is 38.2 Å². The van der Waals surface area contributed by atoms with Crippen LogP contribution in [0.2, 0.25) is 0 Å². The van der Waals surface area contributed by atoms with Crippen molar-refractivity contribution in [1.29, 1.82) is 0 Å². The fraction of sp³-hybridized carbons (Fsp3) is 0.500. The first-order chi connectivity index (χ1) is 11.5. The molecule has 24 heavy (non-hydrogen) atoms. The van der Waals surface area contributed by atoms with Gasteiger partial charge in [-0.25, -0.2) is 9.59 Å². The highest BCUT2D eigenvalue weighted by molar-refractivity contribution is 7.49. The molecule has 1 heterocycles. The van der Waals surface area contributed by atoms with Crippen LogP contribution in [-0.4, -0.2) is 48.8 Å². The summed E-state index contributed by atoms with van der Waals surface area (Å²) in [5.41, 5.74) is -0.957. The zero-order valence-corrected chi connectivity index (χ0v) is 14.4. The Balaban J connectivity index is 2.09. The lowest BCUT2D eigenvalue weighted by atomic mass is 10.2. The van der Waals surface area contributed by atoms with Gasteiger partial charge in [-0.15, -0.1) is 0 Å². The maximum absolute atomic E-state index is 11.9. The molecule has 1 aromatic heterocycles. The lowest BCUT2D eigenvalue weighted by molar-refractivity contribution is -0.151. The molecule has 0 amide bonds. The van der Waals surface area contributed by atoms with Gasteiger partial charge in [0.25, 0.3) is 5.56 Å². The molecule has 9 nitrogen and oxygen atoms in total. The van der Waals surface area contributed by atoms with Crippen LogP contribution in [0, 0.1) is 0 Å². The minimum atomic E-state index is -1.61. The van der Waals surface area contributed by atoms with Crippen molar-refractivity contribution in [3.8, 4) is 0 Å². The number of methoxy groups -OCH3 is 1. The molecule has 0 saturated carbocycles. The minimum Gasteiger partial charge on any atom is -0.467 e. The first-order valence-corrected chi connectivity index (χ1v) is 8.35. The Bertz CT molecular complexity index is 710. The Kier molecular flexibility index (Phi) is 6.44. The van der Waals surface area contributed by atoms with Gasteiger partial charge in [-0.05, 0) is 0 Å². The summed E-state index contributed by atoms with van der Waals surface area (Å²) in [6, 6.07) is 0.990. The predicted molar refractivity (Wildman–Crippen MR) is 85.7 cm³/mol. The highest BCUT2D eigenvalue weighted by Gasteiger charge is 2.35. The van der Waals surface area contributed by atoms with Gasteiger partial charge in [0.1, 0.15) is 0 Å². The van der Waals surface area contributed by atoms with Gasteiger partial charge in [-0.1, -0.05) is 12.2 Å². The largest absolute Gasteiger partial charge is 0.467 e. The van der Waals surface area contributed by atoms with Crippen LogP contribution in [-0.2, 0) is 23.3 Å². The molecule has 0 fully saturated rings. The number of aromatic nitrogens is 2. The number of nitrogens with zero attached hydrogens (tertiary/aromatic N) is 1. The predicted octanol–water partition coefficient (Wildman–Crippen LogP) is 0.527. The van der Waals surface area contributed by atoms with Crippen molar-refractivity contribution in [3.63, 3.8) is 0 Å². The van der Waals surface area contributed by atoms with Crippen LogP contribution < -0.4 is 11.2 Å². The highest BCUT2D eigenvalue weighted by Crippen LogP contribution is 2.44. The number of hydrogen-bond donors (Lipinski definition) is 1. The molecule has 0 radical (unpaired) electrons. The summed E-state index contributed by atoms with van der Waals surface area (Å²) in [6.45, 7) is 0. The topological polar surface area (TPSA) is 109 Å². The summed E-state index contributed by atoms with van der Waals surface area (Å²) in [5.74, 6) is -1.59.